The second-order valence-corrected chi connectivity index (χ2v) is 5.90. The molecule has 1 aromatic heterocycles. The van der Waals surface area contributed by atoms with E-state index in [0.29, 0.717) is 0 Å². The van der Waals surface area contributed by atoms with E-state index < -0.39 is 0 Å². The van der Waals surface area contributed by atoms with Crippen LogP contribution in [0.3, 0.4) is 0 Å². The number of para-hydroxylation sites is 2. The lowest BCUT2D eigenvalue weighted by molar-refractivity contribution is -0.0720. The van der Waals surface area contributed by atoms with Crippen LogP contribution < -0.4 is 0 Å². The molecule has 3 heteroatoms. The zero-order chi connectivity index (χ0) is 12.2. The van der Waals surface area contributed by atoms with E-state index in [1.54, 1.807) is 0 Å². The molecule has 1 saturated carbocycles. The Bertz CT molecular complexity index is 551. The first-order valence-electron chi connectivity index (χ1n) is 6.99. The Morgan fingerprint density at radius 2 is 2.17 bits per heavy atom. The molecule has 94 valence electrons. The maximum Gasteiger partial charge on any atom is 0.127 e. The maximum atomic E-state index is 4.80. The summed E-state index contributed by atoms with van der Waals surface area (Å²) in [6.07, 6.45) is 5.37. The fourth-order valence-corrected chi connectivity index (χ4v) is 3.32. The van der Waals surface area contributed by atoms with Crippen LogP contribution >= 0.6 is 0 Å². The number of likely N-dealkylation sites (tertiary alicyclic amines) is 1. The Kier molecular flexibility index (Phi) is 2.10. The molecule has 0 bridgehead atoms. The summed E-state index contributed by atoms with van der Waals surface area (Å²) in [5.41, 5.74) is 2.40. The Morgan fingerprint density at radius 3 is 2.78 bits per heavy atom. The molecule has 0 amide bonds. The number of imidazole rings is 1. The number of hydrogen-bond acceptors (Lipinski definition) is 2. The van der Waals surface area contributed by atoms with Crippen LogP contribution in [0.5, 0.6) is 0 Å². The summed E-state index contributed by atoms with van der Waals surface area (Å²) in [4.78, 5) is 11.0. The van der Waals surface area contributed by atoms with Gasteiger partial charge in [-0.15, -0.1) is 0 Å². The maximum absolute atomic E-state index is 4.80. The molecular weight excluding hydrogens is 222 g/mol. The van der Waals surface area contributed by atoms with E-state index in [4.69, 9.17) is 4.98 Å². The molecule has 2 heterocycles. The van der Waals surface area contributed by atoms with E-state index in [9.17, 15) is 0 Å². The van der Waals surface area contributed by atoms with Crippen molar-refractivity contribution < 1.29 is 0 Å². The average molecular weight is 241 g/mol. The van der Waals surface area contributed by atoms with Crippen LogP contribution in [0.25, 0.3) is 11.0 Å². The van der Waals surface area contributed by atoms with Crippen molar-refractivity contribution in [3.8, 4) is 0 Å². The Labute approximate surface area is 107 Å². The van der Waals surface area contributed by atoms with Gasteiger partial charge in [-0.1, -0.05) is 18.6 Å². The first-order valence-corrected chi connectivity index (χ1v) is 6.99. The van der Waals surface area contributed by atoms with Crippen LogP contribution in [0.2, 0.25) is 0 Å². The van der Waals surface area contributed by atoms with Gasteiger partial charge in [0, 0.05) is 12.6 Å². The molecule has 2 fully saturated rings. The first-order chi connectivity index (χ1) is 8.77. The molecule has 1 unspecified atom stereocenters. The summed E-state index contributed by atoms with van der Waals surface area (Å²) >= 11 is 0. The summed E-state index contributed by atoms with van der Waals surface area (Å²) in [5, 5.41) is 0. The highest BCUT2D eigenvalue weighted by Crippen LogP contribution is 2.44. The molecule has 18 heavy (non-hydrogen) atoms. The third-order valence-electron chi connectivity index (χ3n) is 4.89. The minimum absolute atomic E-state index is 0.143. The van der Waals surface area contributed by atoms with Gasteiger partial charge in [0.1, 0.15) is 5.82 Å². The van der Waals surface area contributed by atoms with Gasteiger partial charge >= 0.3 is 0 Å². The molecule has 1 N–H and O–H groups in total. The van der Waals surface area contributed by atoms with Crippen LogP contribution in [0.4, 0.5) is 0 Å². The smallest absolute Gasteiger partial charge is 0.127 e. The molecular formula is C15H19N3. The van der Waals surface area contributed by atoms with Crippen LogP contribution in [-0.2, 0) is 5.54 Å². The standard InChI is InChI=1S/C15H19N3/c1-15(9-10-18(15)11-5-4-6-11)14-16-12-7-2-3-8-13(12)17-14/h2-3,7-8,11H,4-6,9-10H2,1H3,(H,16,17). The lowest BCUT2D eigenvalue weighted by Gasteiger charge is -2.55. The van der Waals surface area contributed by atoms with E-state index >= 15 is 0 Å². The second-order valence-electron chi connectivity index (χ2n) is 5.90. The third kappa shape index (κ3) is 1.31. The lowest BCUT2D eigenvalue weighted by atomic mass is 9.78. The molecule has 2 aromatic rings. The van der Waals surface area contributed by atoms with Crippen molar-refractivity contribution in [2.75, 3.05) is 6.54 Å². The van der Waals surface area contributed by atoms with Gasteiger partial charge in [-0.2, -0.15) is 0 Å². The van der Waals surface area contributed by atoms with Crippen molar-refractivity contribution in [1.29, 1.82) is 0 Å². The molecule has 0 radical (unpaired) electrons. The van der Waals surface area contributed by atoms with Gasteiger partial charge in [0.15, 0.2) is 0 Å². The minimum atomic E-state index is 0.143. The first kappa shape index (κ1) is 10.6. The molecule has 1 aliphatic heterocycles. The highest BCUT2D eigenvalue weighted by atomic mass is 15.3. The van der Waals surface area contributed by atoms with Crippen molar-refractivity contribution in [1.82, 2.24) is 14.9 Å². The SMILES string of the molecule is CC1(c2nc3ccccc3[nH]2)CCN1C1CCC1. The Morgan fingerprint density at radius 1 is 1.33 bits per heavy atom. The number of nitrogens with zero attached hydrogens (tertiary/aromatic N) is 2. The number of hydrogen-bond donors (Lipinski definition) is 1. The van der Waals surface area contributed by atoms with Gasteiger partial charge in [0.05, 0.1) is 16.6 Å². The van der Waals surface area contributed by atoms with E-state index in [1.807, 2.05) is 0 Å². The molecule has 3 nitrogen and oxygen atoms in total. The number of benzene rings is 1. The zero-order valence-electron chi connectivity index (χ0n) is 10.8. The molecule has 4 rings (SSSR count). The number of aromatic nitrogens is 2. The summed E-state index contributed by atoms with van der Waals surface area (Å²) in [7, 11) is 0. The van der Waals surface area contributed by atoms with Gasteiger partial charge in [-0.25, -0.2) is 4.98 Å². The van der Waals surface area contributed by atoms with Crippen molar-refractivity contribution in [2.45, 2.75) is 44.2 Å². The summed E-state index contributed by atoms with van der Waals surface area (Å²) < 4.78 is 0. The van der Waals surface area contributed by atoms with Gasteiger partial charge in [-0.05, 0) is 38.3 Å². The summed E-state index contributed by atoms with van der Waals surface area (Å²) in [6, 6.07) is 9.13. The topological polar surface area (TPSA) is 31.9 Å². The molecule has 2 aliphatic rings. The molecule has 1 saturated heterocycles. The zero-order valence-corrected chi connectivity index (χ0v) is 10.8. The monoisotopic (exact) mass is 241 g/mol. The summed E-state index contributed by atoms with van der Waals surface area (Å²) in [5.74, 6) is 1.15. The van der Waals surface area contributed by atoms with Crippen molar-refractivity contribution in [3.05, 3.63) is 30.1 Å². The number of rotatable bonds is 2. The lowest BCUT2D eigenvalue weighted by Crippen LogP contribution is -2.61. The number of H-pyrrole nitrogens is 1. The fourth-order valence-electron chi connectivity index (χ4n) is 3.32. The van der Waals surface area contributed by atoms with Gasteiger partial charge in [0.25, 0.3) is 0 Å². The number of fused-ring (bicyclic) bond motifs is 1. The Hall–Kier alpha value is -1.35. The number of aromatic amines is 1. The normalized spacial score (nSPS) is 29.2. The average Bonchev–Trinajstić information content (AvgIpc) is 2.75. The molecule has 1 aliphatic carbocycles. The summed E-state index contributed by atoms with van der Waals surface area (Å²) in [6.45, 7) is 3.57. The van der Waals surface area contributed by atoms with Crippen LogP contribution in [0.1, 0.15) is 38.4 Å². The van der Waals surface area contributed by atoms with E-state index in [1.165, 1.54) is 32.2 Å². The van der Waals surface area contributed by atoms with Crippen LogP contribution in [0.15, 0.2) is 24.3 Å². The molecule has 0 spiro atoms. The van der Waals surface area contributed by atoms with Crippen LogP contribution in [-0.4, -0.2) is 27.5 Å². The van der Waals surface area contributed by atoms with E-state index in [-0.39, 0.29) is 5.54 Å². The largest absolute Gasteiger partial charge is 0.340 e. The van der Waals surface area contributed by atoms with Crippen LogP contribution in [0, 0.1) is 0 Å². The van der Waals surface area contributed by atoms with Crippen molar-refractivity contribution >= 4 is 11.0 Å². The van der Waals surface area contributed by atoms with Gasteiger partial charge in [-0.3, -0.25) is 4.90 Å². The van der Waals surface area contributed by atoms with E-state index in [2.05, 4.69) is 41.1 Å². The molecule has 1 atom stereocenters. The highest BCUT2D eigenvalue weighted by molar-refractivity contribution is 5.75. The van der Waals surface area contributed by atoms with E-state index in [0.717, 1.165) is 22.9 Å². The van der Waals surface area contributed by atoms with Gasteiger partial charge in [0.2, 0.25) is 0 Å². The Balaban J connectivity index is 1.72. The highest BCUT2D eigenvalue weighted by Gasteiger charge is 2.48. The minimum Gasteiger partial charge on any atom is -0.340 e. The predicted octanol–water partition coefficient (Wildman–Crippen LogP) is 3.04. The van der Waals surface area contributed by atoms with Crippen molar-refractivity contribution in [3.63, 3.8) is 0 Å². The van der Waals surface area contributed by atoms with Crippen molar-refractivity contribution in [2.24, 2.45) is 0 Å². The quantitative estimate of drug-likeness (QED) is 0.876. The van der Waals surface area contributed by atoms with Gasteiger partial charge < -0.3 is 4.98 Å². The third-order valence-corrected chi connectivity index (χ3v) is 4.89. The molecule has 1 aromatic carbocycles. The fraction of sp³-hybridized carbons (Fsp3) is 0.533. The predicted molar refractivity (Wildman–Crippen MR) is 72.4 cm³/mol. The second kappa shape index (κ2) is 3.58. The number of nitrogens with one attached hydrogen (secondary N) is 1.